The van der Waals surface area contributed by atoms with Crippen LogP contribution in [0.25, 0.3) is 5.69 Å². The van der Waals surface area contributed by atoms with Crippen LogP contribution in [0.1, 0.15) is 34.5 Å². The summed E-state index contributed by atoms with van der Waals surface area (Å²) in [6.45, 7) is 2.82. The number of amides is 1. The van der Waals surface area contributed by atoms with Crippen LogP contribution in [0.2, 0.25) is 0 Å². The Morgan fingerprint density at radius 1 is 1.25 bits per heavy atom. The summed E-state index contributed by atoms with van der Waals surface area (Å²) in [7, 11) is 0. The molecule has 1 saturated heterocycles. The first-order valence-electron chi connectivity index (χ1n) is 10.2. The number of aromatic nitrogens is 2. The fourth-order valence-corrected chi connectivity index (χ4v) is 3.53. The van der Waals surface area contributed by atoms with Gasteiger partial charge in [0.25, 0.3) is 5.91 Å². The fourth-order valence-electron chi connectivity index (χ4n) is 3.53. The van der Waals surface area contributed by atoms with Crippen molar-refractivity contribution in [1.29, 1.82) is 0 Å². The van der Waals surface area contributed by atoms with Gasteiger partial charge in [0.1, 0.15) is 12.4 Å². The number of rotatable bonds is 6. The van der Waals surface area contributed by atoms with E-state index in [1.807, 2.05) is 0 Å². The number of hydrogen-bond donors (Lipinski definition) is 1. The van der Waals surface area contributed by atoms with E-state index in [1.165, 1.54) is 23.0 Å². The Bertz CT molecular complexity index is 1110. The number of carbonyl (C=O) groups is 1. The van der Waals surface area contributed by atoms with Gasteiger partial charge < -0.3 is 14.8 Å². The highest BCUT2D eigenvalue weighted by molar-refractivity contribution is 6.05. The van der Waals surface area contributed by atoms with Crippen molar-refractivity contribution in [3.63, 3.8) is 0 Å². The average Bonchev–Trinajstić information content (AvgIpc) is 3.42. The zero-order valence-electron chi connectivity index (χ0n) is 17.4. The van der Waals surface area contributed by atoms with Gasteiger partial charge in [-0.25, -0.2) is 4.68 Å². The average molecular weight is 445 g/mol. The molecule has 1 aliphatic rings. The summed E-state index contributed by atoms with van der Waals surface area (Å²) in [5.74, 6) is 0.187. The van der Waals surface area contributed by atoms with Crippen LogP contribution in [-0.2, 0) is 10.9 Å². The van der Waals surface area contributed by atoms with Gasteiger partial charge in [-0.1, -0.05) is 12.1 Å². The van der Waals surface area contributed by atoms with Crippen molar-refractivity contribution in [1.82, 2.24) is 9.78 Å². The molecule has 32 heavy (non-hydrogen) atoms. The molecule has 1 N–H and O–H groups in total. The molecular formula is C23H22F3N3O3. The molecule has 9 heteroatoms. The van der Waals surface area contributed by atoms with Gasteiger partial charge >= 0.3 is 6.18 Å². The van der Waals surface area contributed by atoms with Crippen molar-refractivity contribution in [2.24, 2.45) is 0 Å². The standard InChI is InChI=1S/C23H22F3N3O3/c1-15-21(13-27-29(15)18-7-2-5-16(11-18)23(24,25)26)22(30)28-17-6-3-8-19(12-17)32-14-20-9-4-10-31-20/h2-3,5-8,11-13,20H,4,9-10,14H2,1H3,(H,28,30). The van der Waals surface area contributed by atoms with E-state index in [4.69, 9.17) is 9.47 Å². The van der Waals surface area contributed by atoms with Crippen molar-refractivity contribution in [2.75, 3.05) is 18.5 Å². The van der Waals surface area contributed by atoms with Crippen LogP contribution in [0.15, 0.2) is 54.7 Å². The molecule has 1 unspecified atom stereocenters. The number of nitrogens with one attached hydrogen (secondary N) is 1. The highest BCUT2D eigenvalue weighted by Crippen LogP contribution is 2.30. The maximum atomic E-state index is 13.0. The molecule has 0 saturated carbocycles. The van der Waals surface area contributed by atoms with Gasteiger partial charge in [0.05, 0.1) is 34.8 Å². The van der Waals surface area contributed by atoms with E-state index in [0.717, 1.165) is 31.6 Å². The molecule has 0 bridgehead atoms. The molecule has 2 aromatic carbocycles. The first-order valence-corrected chi connectivity index (χ1v) is 10.2. The second kappa shape index (κ2) is 9.04. The molecule has 1 atom stereocenters. The zero-order chi connectivity index (χ0) is 22.7. The molecule has 2 heterocycles. The fraction of sp³-hybridized carbons (Fsp3) is 0.304. The Morgan fingerprint density at radius 3 is 2.81 bits per heavy atom. The second-order valence-electron chi connectivity index (χ2n) is 7.53. The summed E-state index contributed by atoms with van der Waals surface area (Å²) >= 11 is 0. The van der Waals surface area contributed by atoms with Gasteiger partial charge in [-0.3, -0.25) is 4.79 Å². The highest BCUT2D eigenvalue weighted by atomic mass is 19.4. The Labute approximate surface area is 183 Å². The number of halogens is 3. The summed E-state index contributed by atoms with van der Waals surface area (Å²) in [6.07, 6.45) is -1.06. The van der Waals surface area contributed by atoms with Crippen LogP contribution >= 0.6 is 0 Å². The van der Waals surface area contributed by atoms with Crippen LogP contribution < -0.4 is 10.1 Å². The molecule has 168 valence electrons. The maximum Gasteiger partial charge on any atom is 0.416 e. The van der Waals surface area contributed by atoms with Gasteiger partial charge in [-0.2, -0.15) is 18.3 Å². The summed E-state index contributed by atoms with van der Waals surface area (Å²) in [5, 5.41) is 6.90. The lowest BCUT2D eigenvalue weighted by Gasteiger charge is -2.13. The number of carbonyl (C=O) groups excluding carboxylic acids is 1. The normalized spacial score (nSPS) is 16.2. The third-order valence-corrected chi connectivity index (χ3v) is 5.22. The molecule has 0 radical (unpaired) electrons. The number of nitrogens with zero attached hydrogens (tertiary/aromatic N) is 2. The molecule has 3 aromatic rings. The van der Waals surface area contributed by atoms with Crippen molar-refractivity contribution in [3.8, 4) is 11.4 Å². The lowest BCUT2D eigenvalue weighted by molar-refractivity contribution is -0.137. The van der Waals surface area contributed by atoms with Crippen molar-refractivity contribution in [3.05, 3.63) is 71.5 Å². The van der Waals surface area contributed by atoms with E-state index in [1.54, 1.807) is 31.2 Å². The van der Waals surface area contributed by atoms with Gasteiger partial charge in [-0.05, 0) is 50.1 Å². The van der Waals surface area contributed by atoms with Crippen molar-refractivity contribution < 1.29 is 27.4 Å². The molecule has 1 aromatic heterocycles. The van der Waals surface area contributed by atoms with E-state index >= 15 is 0 Å². The number of hydrogen-bond acceptors (Lipinski definition) is 4. The summed E-state index contributed by atoms with van der Waals surface area (Å²) in [4.78, 5) is 12.8. The lowest BCUT2D eigenvalue weighted by atomic mass is 10.2. The Hall–Kier alpha value is -3.33. The number of anilines is 1. The second-order valence-corrected chi connectivity index (χ2v) is 7.53. The van der Waals surface area contributed by atoms with E-state index in [2.05, 4.69) is 10.4 Å². The Kier molecular flexibility index (Phi) is 6.18. The maximum absolute atomic E-state index is 13.0. The third kappa shape index (κ3) is 4.94. The summed E-state index contributed by atoms with van der Waals surface area (Å²) < 4.78 is 51.7. The van der Waals surface area contributed by atoms with E-state index in [-0.39, 0.29) is 17.4 Å². The first-order chi connectivity index (χ1) is 15.3. The van der Waals surface area contributed by atoms with Crippen molar-refractivity contribution >= 4 is 11.6 Å². The molecular weight excluding hydrogens is 423 g/mol. The topological polar surface area (TPSA) is 65.4 Å². The largest absolute Gasteiger partial charge is 0.491 e. The first kappa shape index (κ1) is 21.9. The summed E-state index contributed by atoms with van der Waals surface area (Å²) in [5.41, 5.74) is 0.656. The Morgan fingerprint density at radius 2 is 2.06 bits per heavy atom. The SMILES string of the molecule is Cc1c(C(=O)Nc2cccc(OCC3CCCO3)c2)cnn1-c1cccc(C(F)(F)F)c1. The molecule has 0 spiro atoms. The van der Waals surface area contributed by atoms with Crippen LogP contribution in [0.5, 0.6) is 5.75 Å². The number of benzene rings is 2. The molecule has 1 aliphatic heterocycles. The minimum atomic E-state index is -4.46. The summed E-state index contributed by atoms with van der Waals surface area (Å²) in [6, 6.07) is 11.8. The van der Waals surface area contributed by atoms with Crippen LogP contribution in [0.3, 0.4) is 0 Å². The predicted molar refractivity (Wildman–Crippen MR) is 112 cm³/mol. The lowest BCUT2D eigenvalue weighted by Crippen LogP contribution is -2.16. The smallest absolute Gasteiger partial charge is 0.416 e. The molecule has 6 nitrogen and oxygen atoms in total. The van der Waals surface area contributed by atoms with Gasteiger partial charge in [0.2, 0.25) is 0 Å². The van der Waals surface area contributed by atoms with Gasteiger partial charge in [0, 0.05) is 18.4 Å². The minimum absolute atomic E-state index is 0.0811. The van der Waals surface area contributed by atoms with E-state index in [0.29, 0.717) is 23.7 Å². The molecule has 0 aliphatic carbocycles. The molecule has 4 rings (SSSR count). The number of alkyl halides is 3. The molecule has 1 amide bonds. The van der Waals surface area contributed by atoms with Crippen LogP contribution in [0, 0.1) is 6.92 Å². The molecule has 1 fully saturated rings. The van der Waals surface area contributed by atoms with Crippen molar-refractivity contribution in [2.45, 2.75) is 32.0 Å². The quantitative estimate of drug-likeness (QED) is 0.579. The van der Waals surface area contributed by atoms with E-state index < -0.39 is 17.6 Å². The van der Waals surface area contributed by atoms with Crippen LogP contribution in [-0.4, -0.2) is 35.0 Å². The van der Waals surface area contributed by atoms with Gasteiger partial charge in [-0.15, -0.1) is 0 Å². The van der Waals surface area contributed by atoms with Crippen LogP contribution in [0.4, 0.5) is 18.9 Å². The number of ether oxygens (including phenoxy) is 2. The third-order valence-electron chi connectivity index (χ3n) is 5.22. The minimum Gasteiger partial charge on any atom is -0.491 e. The van der Waals surface area contributed by atoms with Gasteiger partial charge in [0.15, 0.2) is 0 Å². The highest BCUT2D eigenvalue weighted by Gasteiger charge is 2.30. The zero-order valence-corrected chi connectivity index (χ0v) is 17.4. The monoisotopic (exact) mass is 445 g/mol. The van der Waals surface area contributed by atoms with E-state index in [9.17, 15) is 18.0 Å². The predicted octanol–water partition coefficient (Wildman–Crippen LogP) is 5.01. The Balaban J connectivity index is 1.47.